The summed E-state index contributed by atoms with van der Waals surface area (Å²) in [5.41, 5.74) is 2.64. The molecule has 0 bridgehead atoms. The molecule has 136 valence electrons. The van der Waals surface area contributed by atoms with Crippen molar-refractivity contribution < 1.29 is 9.59 Å². The number of thiazole rings is 1. The van der Waals surface area contributed by atoms with E-state index in [9.17, 15) is 9.59 Å². The molecular formula is C21H19N3O2S. The number of hydrogen-bond acceptors (Lipinski definition) is 4. The van der Waals surface area contributed by atoms with Crippen molar-refractivity contribution >= 4 is 28.3 Å². The van der Waals surface area contributed by atoms with Crippen LogP contribution in [0.5, 0.6) is 0 Å². The van der Waals surface area contributed by atoms with Crippen LogP contribution in [-0.2, 0) is 4.79 Å². The predicted molar refractivity (Wildman–Crippen MR) is 109 cm³/mol. The lowest BCUT2D eigenvalue weighted by molar-refractivity contribution is -0.116. The first-order valence-corrected chi connectivity index (χ1v) is 9.30. The second-order valence-corrected chi connectivity index (χ2v) is 6.70. The molecule has 0 radical (unpaired) electrons. The molecule has 0 spiro atoms. The lowest BCUT2D eigenvalue weighted by Crippen LogP contribution is -2.38. The maximum Gasteiger partial charge on any atom is 0.254 e. The SMILES string of the molecule is C=CCN(CC(=O)Nc1nccs1)C(=O)c1ccc(-c2ccccc2)cc1. The van der Waals surface area contributed by atoms with E-state index < -0.39 is 0 Å². The second kappa shape index (κ2) is 8.91. The molecule has 5 nitrogen and oxygen atoms in total. The zero-order valence-electron chi connectivity index (χ0n) is 14.7. The van der Waals surface area contributed by atoms with Crippen molar-refractivity contribution in [2.75, 3.05) is 18.4 Å². The molecule has 6 heteroatoms. The maximum absolute atomic E-state index is 12.8. The number of rotatable bonds is 7. The summed E-state index contributed by atoms with van der Waals surface area (Å²) in [7, 11) is 0. The van der Waals surface area contributed by atoms with E-state index in [1.165, 1.54) is 16.2 Å². The van der Waals surface area contributed by atoms with Gasteiger partial charge in [0.15, 0.2) is 5.13 Å². The Balaban J connectivity index is 1.70. The topological polar surface area (TPSA) is 62.3 Å². The molecule has 0 aliphatic rings. The number of anilines is 1. The lowest BCUT2D eigenvalue weighted by atomic mass is 10.0. The van der Waals surface area contributed by atoms with Crippen LogP contribution in [0.3, 0.4) is 0 Å². The van der Waals surface area contributed by atoms with Gasteiger partial charge in [-0.1, -0.05) is 48.5 Å². The quantitative estimate of drug-likeness (QED) is 0.631. The molecule has 2 amide bonds. The maximum atomic E-state index is 12.8. The third kappa shape index (κ3) is 4.89. The molecule has 1 heterocycles. The third-order valence-corrected chi connectivity index (χ3v) is 4.58. The van der Waals surface area contributed by atoms with E-state index in [4.69, 9.17) is 0 Å². The minimum absolute atomic E-state index is 0.0646. The molecule has 3 rings (SSSR count). The smallest absolute Gasteiger partial charge is 0.254 e. The van der Waals surface area contributed by atoms with E-state index in [0.717, 1.165) is 11.1 Å². The van der Waals surface area contributed by atoms with Crippen LogP contribution >= 0.6 is 11.3 Å². The van der Waals surface area contributed by atoms with Crippen molar-refractivity contribution in [1.29, 1.82) is 0 Å². The van der Waals surface area contributed by atoms with Gasteiger partial charge < -0.3 is 10.2 Å². The van der Waals surface area contributed by atoms with Crippen molar-refractivity contribution in [3.63, 3.8) is 0 Å². The monoisotopic (exact) mass is 377 g/mol. The molecule has 3 aromatic rings. The molecule has 1 N–H and O–H groups in total. The van der Waals surface area contributed by atoms with Gasteiger partial charge in [-0.2, -0.15) is 0 Å². The molecule has 0 saturated heterocycles. The zero-order chi connectivity index (χ0) is 19.1. The Hall–Kier alpha value is -3.25. The van der Waals surface area contributed by atoms with Gasteiger partial charge in [-0.25, -0.2) is 4.98 Å². The fraction of sp³-hybridized carbons (Fsp3) is 0.0952. The van der Waals surface area contributed by atoms with Gasteiger partial charge in [0, 0.05) is 23.7 Å². The summed E-state index contributed by atoms with van der Waals surface area (Å²) in [5.74, 6) is -0.509. The van der Waals surface area contributed by atoms with Crippen molar-refractivity contribution in [2.45, 2.75) is 0 Å². The van der Waals surface area contributed by atoms with Crippen molar-refractivity contribution in [3.05, 3.63) is 84.4 Å². The van der Waals surface area contributed by atoms with Crippen LogP contribution in [0.4, 0.5) is 5.13 Å². The van der Waals surface area contributed by atoms with Crippen molar-refractivity contribution in [2.24, 2.45) is 0 Å². The van der Waals surface area contributed by atoms with Gasteiger partial charge in [-0.3, -0.25) is 9.59 Å². The third-order valence-electron chi connectivity index (χ3n) is 3.89. The number of carbonyl (C=O) groups excluding carboxylic acids is 2. The lowest BCUT2D eigenvalue weighted by Gasteiger charge is -2.20. The Bertz CT molecular complexity index is 906. The minimum atomic E-state index is -0.291. The summed E-state index contributed by atoms with van der Waals surface area (Å²) < 4.78 is 0. The number of benzene rings is 2. The number of nitrogens with zero attached hydrogens (tertiary/aromatic N) is 2. The van der Waals surface area contributed by atoms with Gasteiger partial charge in [0.1, 0.15) is 6.54 Å². The van der Waals surface area contributed by atoms with E-state index in [-0.39, 0.29) is 24.9 Å². The number of hydrogen-bond donors (Lipinski definition) is 1. The van der Waals surface area contributed by atoms with Crippen LogP contribution in [0.1, 0.15) is 10.4 Å². The first-order chi connectivity index (χ1) is 13.2. The first-order valence-electron chi connectivity index (χ1n) is 8.42. The number of amides is 2. The molecule has 27 heavy (non-hydrogen) atoms. The van der Waals surface area contributed by atoms with Crippen molar-refractivity contribution in [3.8, 4) is 11.1 Å². The van der Waals surface area contributed by atoms with E-state index >= 15 is 0 Å². The second-order valence-electron chi connectivity index (χ2n) is 5.80. The van der Waals surface area contributed by atoms with Gasteiger partial charge in [-0.05, 0) is 23.3 Å². The van der Waals surface area contributed by atoms with Crippen LogP contribution in [0.25, 0.3) is 11.1 Å². The molecule has 0 aliphatic heterocycles. The molecule has 1 aromatic heterocycles. The first kappa shape index (κ1) is 18.5. The molecule has 2 aromatic carbocycles. The predicted octanol–water partition coefficient (Wildman–Crippen LogP) is 4.08. The summed E-state index contributed by atoms with van der Waals surface area (Å²) >= 11 is 1.33. The van der Waals surface area contributed by atoms with Gasteiger partial charge in [-0.15, -0.1) is 17.9 Å². The molecule has 0 atom stereocenters. The van der Waals surface area contributed by atoms with Crippen LogP contribution in [0, 0.1) is 0 Å². The van der Waals surface area contributed by atoms with E-state index in [1.54, 1.807) is 29.8 Å². The highest BCUT2D eigenvalue weighted by molar-refractivity contribution is 7.13. The van der Waals surface area contributed by atoms with E-state index in [2.05, 4.69) is 16.9 Å². The fourth-order valence-electron chi connectivity index (χ4n) is 2.61. The van der Waals surface area contributed by atoms with Gasteiger partial charge in [0.25, 0.3) is 5.91 Å². The Kier molecular flexibility index (Phi) is 6.12. The van der Waals surface area contributed by atoms with Crippen LogP contribution in [0.15, 0.2) is 78.8 Å². The van der Waals surface area contributed by atoms with Crippen LogP contribution < -0.4 is 5.32 Å². The fourth-order valence-corrected chi connectivity index (χ4v) is 3.16. The van der Waals surface area contributed by atoms with Crippen LogP contribution in [0.2, 0.25) is 0 Å². The number of nitrogens with one attached hydrogen (secondary N) is 1. The molecule has 0 aliphatic carbocycles. The Labute approximate surface area is 162 Å². The Morgan fingerprint density at radius 1 is 1.07 bits per heavy atom. The minimum Gasteiger partial charge on any atom is -0.326 e. The summed E-state index contributed by atoms with van der Waals surface area (Å²) in [5, 5.41) is 4.97. The summed E-state index contributed by atoms with van der Waals surface area (Å²) in [4.78, 5) is 30.5. The number of aromatic nitrogens is 1. The summed E-state index contributed by atoms with van der Waals surface area (Å²) in [6.45, 7) is 3.90. The summed E-state index contributed by atoms with van der Waals surface area (Å²) in [6.07, 6.45) is 3.22. The molecular weight excluding hydrogens is 358 g/mol. The largest absolute Gasteiger partial charge is 0.326 e. The Morgan fingerprint density at radius 2 is 1.78 bits per heavy atom. The van der Waals surface area contributed by atoms with Gasteiger partial charge in [0.05, 0.1) is 0 Å². The molecule has 0 unspecified atom stereocenters. The molecule has 0 fully saturated rings. The average Bonchev–Trinajstić information content (AvgIpc) is 3.21. The van der Waals surface area contributed by atoms with E-state index in [0.29, 0.717) is 10.7 Å². The highest BCUT2D eigenvalue weighted by Gasteiger charge is 2.18. The summed E-state index contributed by atoms with van der Waals surface area (Å²) in [6, 6.07) is 17.3. The average molecular weight is 377 g/mol. The van der Waals surface area contributed by atoms with Gasteiger partial charge >= 0.3 is 0 Å². The van der Waals surface area contributed by atoms with Crippen LogP contribution in [-0.4, -0.2) is 34.8 Å². The normalized spacial score (nSPS) is 10.2. The zero-order valence-corrected chi connectivity index (χ0v) is 15.5. The highest BCUT2D eigenvalue weighted by Crippen LogP contribution is 2.20. The highest BCUT2D eigenvalue weighted by atomic mass is 32.1. The van der Waals surface area contributed by atoms with Crippen molar-refractivity contribution in [1.82, 2.24) is 9.88 Å². The van der Waals surface area contributed by atoms with E-state index in [1.807, 2.05) is 42.5 Å². The Morgan fingerprint density at radius 3 is 2.41 bits per heavy atom. The van der Waals surface area contributed by atoms with Gasteiger partial charge in [0.2, 0.25) is 5.91 Å². The molecule has 0 saturated carbocycles. The standard InChI is InChI=1S/C21H19N3O2S/c1-2-13-24(15-19(25)23-21-22-12-14-27-21)20(26)18-10-8-17(9-11-18)16-6-4-3-5-7-16/h2-12,14H,1,13,15H2,(H,22,23,25). The number of carbonyl (C=O) groups is 2.